The summed E-state index contributed by atoms with van der Waals surface area (Å²) in [7, 11) is 0. The van der Waals surface area contributed by atoms with Gasteiger partial charge >= 0.3 is 0 Å². The molecule has 0 amide bonds. The highest BCUT2D eigenvalue weighted by Gasteiger charge is 2.12. The van der Waals surface area contributed by atoms with Crippen molar-refractivity contribution in [3.63, 3.8) is 0 Å². The van der Waals surface area contributed by atoms with Crippen molar-refractivity contribution in [1.82, 2.24) is 10.2 Å². The molecule has 0 unspecified atom stereocenters. The maximum absolute atomic E-state index is 9.88. The third-order valence-corrected chi connectivity index (χ3v) is 5.78. The summed E-state index contributed by atoms with van der Waals surface area (Å²) in [4.78, 5) is 1.23. The number of thioether (sulfide) groups is 2. The molecule has 4 nitrogen and oxygen atoms in total. The highest BCUT2D eigenvalue weighted by Crippen LogP contribution is 2.42. The maximum atomic E-state index is 9.88. The van der Waals surface area contributed by atoms with Crippen LogP contribution in [0.2, 0.25) is 0 Å². The van der Waals surface area contributed by atoms with E-state index in [9.17, 15) is 10.2 Å². The summed E-state index contributed by atoms with van der Waals surface area (Å²) < 4.78 is 1.62. The predicted octanol–water partition coefficient (Wildman–Crippen LogP) is 3.54. The quantitative estimate of drug-likeness (QED) is 0.660. The molecule has 0 atom stereocenters. The van der Waals surface area contributed by atoms with E-state index < -0.39 is 0 Å². The molecule has 2 N–H and O–H groups in total. The number of nitrogens with zero attached hydrogens (tertiary/aromatic N) is 2. The fraction of sp³-hybridized carbons (Fsp3) is 0.200. The van der Waals surface area contributed by atoms with Crippen LogP contribution in [0.25, 0.3) is 0 Å². The van der Waals surface area contributed by atoms with Crippen molar-refractivity contribution < 1.29 is 10.2 Å². The van der Waals surface area contributed by atoms with Crippen molar-refractivity contribution in [2.75, 3.05) is 12.5 Å². The van der Waals surface area contributed by atoms with Gasteiger partial charge in [-0.25, -0.2) is 0 Å². The van der Waals surface area contributed by atoms with Crippen molar-refractivity contribution in [3.8, 4) is 11.5 Å². The van der Waals surface area contributed by atoms with Crippen LogP contribution in [0, 0.1) is 0 Å². The molecule has 0 aliphatic carbocycles. The van der Waals surface area contributed by atoms with Gasteiger partial charge in [-0.15, -0.1) is 22.0 Å². The van der Waals surface area contributed by atoms with E-state index >= 15 is 0 Å². The second-order valence-electron chi connectivity index (χ2n) is 3.13. The zero-order valence-electron chi connectivity index (χ0n) is 9.58. The molecule has 1 aromatic heterocycles. The van der Waals surface area contributed by atoms with Gasteiger partial charge < -0.3 is 10.2 Å². The normalized spacial score (nSPS) is 10.8. The maximum Gasteiger partial charge on any atom is 0.180 e. The molecule has 18 heavy (non-hydrogen) atoms. The minimum absolute atomic E-state index is 0.142. The van der Waals surface area contributed by atoms with Crippen LogP contribution in [0.15, 0.2) is 30.6 Å². The van der Waals surface area contributed by atoms with Crippen LogP contribution < -0.4 is 0 Å². The first kappa shape index (κ1) is 13.9. The summed E-state index contributed by atoms with van der Waals surface area (Å²) in [5, 5.41) is 27.6. The molecule has 0 saturated heterocycles. The van der Waals surface area contributed by atoms with Gasteiger partial charge in [-0.1, -0.05) is 34.9 Å². The summed E-state index contributed by atoms with van der Waals surface area (Å²) in [5.74, 6) is 0.306. The summed E-state index contributed by atoms with van der Waals surface area (Å²) in [6.45, 7) is 0. The van der Waals surface area contributed by atoms with Crippen LogP contribution in [-0.2, 0) is 0 Å². The Morgan fingerprint density at radius 3 is 2.17 bits per heavy atom. The van der Waals surface area contributed by atoms with Crippen molar-refractivity contribution in [3.05, 3.63) is 12.1 Å². The third-order valence-electron chi connectivity index (χ3n) is 2.02. The molecule has 1 aromatic carbocycles. The number of aromatic nitrogens is 2. The molecule has 0 fully saturated rings. The molecular formula is C10H10N2O2S4. The monoisotopic (exact) mass is 318 g/mol. The Morgan fingerprint density at radius 1 is 0.944 bits per heavy atom. The zero-order chi connectivity index (χ0) is 13.1. The van der Waals surface area contributed by atoms with Crippen LogP contribution in [0.5, 0.6) is 11.5 Å². The van der Waals surface area contributed by atoms with E-state index in [0.717, 1.165) is 8.68 Å². The molecule has 0 radical (unpaired) electrons. The Bertz CT molecular complexity index is 559. The van der Waals surface area contributed by atoms with E-state index in [1.54, 1.807) is 12.1 Å². The zero-order valence-corrected chi connectivity index (χ0v) is 12.8. The smallest absolute Gasteiger partial charge is 0.180 e. The standard InChI is InChI=1S/C10H10N2O2S4/c1-15-7-3-6(14)8(4-5(7)13)17-10-12-11-9(16-2)18-10/h3-4,13-14H,1-2H3. The van der Waals surface area contributed by atoms with Gasteiger partial charge in [0.25, 0.3) is 0 Å². The van der Waals surface area contributed by atoms with E-state index in [4.69, 9.17) is 0 Å². The lowest BCUT2D eigenvalue weighted by atomic mass is 10.3. The summed E-state index contributed by atoms with van der Waals surface area (Å²) in [6, 6.07) is 3.10. The number of aromatic hydroxyl groups is 2. The Balaban J connectivity index is 2.26. The molecule has 0 aliphatic heterocycles. The first-order valence-electron chi connectivity index (χ1n) is 4.79. The molecule has 8 heteroatoms. The largest absolute Gasteiger partial charge is 0.507 e. The molecule has 0 spiro atoms. The SMILES string of the molecule is CSc1nnc(Sc2cc(O)c(SC)cc2O)s1. The topological polar surface area (TPSA) is 66.2 Å². The van der Waals surface area contributed by atoms with E-state index in [-0.39, 0.29) is 11.5 Å². The lowest BCUT2D eigenvalue weighted by Gasteiger charge is -2.06. The number of phenolic OH excluding ortho intramolecular Hbond substituents is 2. The minimum Gasteiger partial charge on any atom is -0.507 e. The summed E-state index contributed by atoms with van der Waals surface area (Å²) in [5.41, 5.74) is 0. The molecule has 96 valence electrons. The minimum atomic E-state index is 0.142. The van der Waals surface area contributed by atoms with Crippen molar-refractivity contribution in [1.29, 1.82) is 0 Å². The van der Waals surface area contributed by atoms with Crippen LogP contribution in [-0.4, -0.2) is 32.9 Å². The van der Waals surface area contributed by atoms with Gasteiger partial charge in [-0.3, -0.25) is 0 Å². The number of hydrogen-bond acceptors (Lipinski definition) is 8. The molecule has 2 rings (SSSR count). The van der Waals surface area contributed by atoms with Crippen LogP contribution in [0.1, 0.15) is 0 Å². The van der Waals surface area contributed by atoms with Crippen LogP contribution in [0.4, 0.5) is 0 Å². The first-order chi connectivity index (χ1) is 8.63. The van der Waals surface area contributed by atoms with Gasteiger partial charge in [0.05, 0.1) is 9.79 Å². The number of benzene rings is 1. The van der Waals surface area contributed by atoms with E-state index in [0.29, 0.717) is 9.79 Å². The van der Waals surface area contributed by atoms with Gasteiger partial charge in [0.1, 0.15) is 11.5 Å². The summed E-state index contributed by atoms with van der Waals surface area (Å²) in [6.07, 6.45) is 3.78. The van der Waals surface area contributed by atoms with E-state index in [2.05, 4.69) is 10.2 Å². The fourth-order valence-corrected chi connectivity index (χ4v) is 4.14. The lowest BCUT2D eigenvalue weighted by Crippen LogP contribution is -1.79. The Labute approximate surface area is 121 Å². The molecule has 0 aliphatic rings. The van der Waals surface area contributed by atoms with Crippen molar-refractivity contribution in [2.45, 2.75) is 18.5 Å². The van der Waals surface area contributed by atoms with Crippen molar-refractivity contribution >= 4 is 46.6 Å². The lowest BCUT2D eigenvalue weighted by molar-refractivity contribution is 0.439. The molecule has 1 heterocycles. The predicted molar refractivity (Wildman–Crippen MR) is 77.4 cm³/mol. The van der Waals surface area contributed by atoms with Gasteiger partial charge in [-0.2, -0.15) is 0 Å². The highest BCUT2D eigenvalue weighted by molar-refractivity contribution is 8.03. The van der Waals surface area contributed by atoms with Gasteiger partial charge in [0.2, 0.25) is 0 Å². The average Bonchev–Trinajstić information content (AvgIpc) is 2.81. The Morgan fingerprint density at radius 2 is 1.56 bits per heavy atom. The number of hydrogen-bond donors (Lipinski definition) is 2. The van der Waals surface area contributed by atoms with Gasteiger partial charge in [0.15, 0.2) is 8.68 Å². The first-order valence-corrected chi connectivity index (χ1v) is 8.87. The fourth-order valence-electron chi connectivity index (χ4n) is 1.20. The molecule has 0 saturated carbocycles. The van der Waals surface area contributed by atoms with Crippen LogP contribution in [0.3, 0.4) is 0 Å². The third kappa shape index (κ3) is 3.05. The van der Waals surface area contributed by atoms with Crippen molar-refractivity contribution in [2.24, 2.45) is 0 Å². The van der Waals surface area contributed by atoms with E-state index in [1.807, 2.05) is 12.5 Å². The molecule has 2 aromatic rings. The van der Waals surface area contributed by atoms with Crippen LogP contribution >= 0.6 is 46.6 Å². The Hall–Kier alpha value is -0.570. The van der Waals surface area contributed by atoms with Gasteiger partial charge in [-0.05, 0) is 24.6 Å². The molecule has 0 bridgehead atoms. The Kier molecular flexibility index (Phi) is 4.66. The second kappa shape index (κ2) is 6.05. The van der Waals surface area contributed by atoms with E-state index in [1.165, 1.54) is 46.6 Å². The number of rotatable bonds is 4. The highest BCUT2D eigenvalue weighted by atomic mass is 32.2. The second-order valence-corrected chi connectivity index (χ2v) is 7.30. The summed E-state index contributed by atoms with van der Waals surface area (Å²) >= 11 is 5.67. The average molecular weight is 318 g/mol. The number of phenols is 2. The molecular weight excluding hydrogens is 308 g/mol. The van der Waals surface area contributed by atoms with Gasteiger partial charge in [0, 0.05) is 0 Å².